The van der Waals surface area contributed by atoms with Gasteiger partial charge in [0.15, 0.2) is 0 Å². The van der Waals surface area contributed by atoms with Crippen LogP contribution in [-0.2, 0) is 0 Å². The van der Waals surface area contributed by atoms with Crippen LogP contribution in [0.15, 0.2) is 0 Å². The van der Waals surface area contributed by atoms with Crippen molar-refractivity contribution >= 4 is 26.6 Å². The molecule has 0 aliphatic carbocycles. The van der Waals surface area contributed by atoms with Crippen LogP contribution in [0.3, 0.4) is 0 Å². The van der Waals surface area contributed by atoms with Gasteiger partial charge in [0, 0.05) is 13.1 Å². The van der Waals surface area contributed by atoms with Gasteiger partial charge >= 0.3 is 0 Å². The zero-order valence-electron chi connectivity index (χ0n) is 7.05. The highest BCUT2D eigenvalue weighted by molar-refractivity contribution is 8.52. The number of nitrogens with one attached hydrogen (secondary N) is 2. The molecule has 2 aliphatic heterocycles. The molecule has 2 atom stereocenters. The van der Waals surface area contributed by atoms with Gasteiger partial charge in [-0.3, -0.25) is 14.2 Å². The van der Waals surface area contributed by atoms with Crippen LogP contribution in [0.2, 0.25) is 0 Å². The molecule has 2 rings (SSSR count). The predicted octanol–water partition coefficient (Wildman–Crippen LogP) is 0.925. The van der Waals surface area contributed by atoms with Crippen LogP contribution in [0.4, 0.5) is 4.79 Å². The van der Waals surface area contributed by atoms with E-state index in [-0.39, 0.29) is 0 Å². The molecule has 0 amide bonds. The maximum Gasteiger partial charge on any atom is 0.230 e. The van der Waals surface area contributed by atoms with Crippen LogP contribution in [0.5, 0.6) is 0 Å². The second-order valence-electron chi connectivity index (χ2n) is 3.11. The molecule has 0 spiro atoms. The van der Waals surface area contributed by atoms with E-state index in [2.05, 4.69) is 9.44 Å². The number of hydrogen-bond acceptors (Lipinski definition) is 3. The Morgan fingerprint density at radius 3 is 1.83 bits per heavy atom. The Hall–Kier alpha value is 0.290. The third kappa shape index (κ3) is 1.79. The molecule has 5 heteroatoms. The normalized spacial score (nSPS) is 41.7. The van der Waals surface area contributed by atoms with Crippen molar-refractivity contribution in [3.63, 3.8) is 0 Å². The van der Waals surface area contributed by atoms with Crippen LogP contribution < -0.4 is 9.44 Å². The molecule has 0 saturated carbocycles. The average molecular weight is 208 g/mol. The average Bonchev–Trinajstić information content (AvgIpc) is 2.77. The summed E-state index contributed by atoms with van der Waals surface area (Å²) in [7, 11) is 0. The maximum absolute atomic E-state index is 11.8. The first-order valence-electron chi connectivity index (χ1n) is 4.44. The van der Waals surface area contributed by atoms with E-state index in [9.17, 15) is 4.79 Å². The van der Waals surface area contributed by atoms with Gasteiger partial charge in [0.2, 0.25) is 4.45 Å². The van der Waals surface area contributed by atoms with Crippen LogP contribution in [0.25, 0.3) is 0 Å². The lowest BCUT2D eigenvalue weighted by molar-refractivity contribution is 0.276. The fourth-order valence-corrected chi connectivity index (χ4v) is 6.50. The zero-order chi connectivity index (χ0) is 8.39. The van der Waals surface area contributed by atoms with Crippen molar-refractivity contribution in [3.8, 4) is 0 Å². The smallest absolute Gasteiger partial charge is 0.230 e. The van der Waals surface area contributed by atoms with E-state index >= 15 is 0 Å². The molecule has 0 aromatic rings. The minimum Gasteiger partial charge on any atom is -0.276 e. The first kappa shape index (κ1) is 8.87. The quantitative estimate of drug-likeness (QED) is 0.448. The summed E-state index contributed by atoms with van der Waals surface area (Å²) in [5, 5.41) is 0. The van der Waals surface area contributed by atoms with Gasteiger partial charge in [-0.25, -0.2) is 0 Å². The van der Waals surface area contributed by atoms with Gasteiger partial charge < -0.3 is 0 Å². The van der Waals surface area contributed by atoms with E-state index in [0.29, 0.717) is 4.45 Å². The molecule has 2 fully saturated rings. The van der Waals surface area contributed by atoms with Gasteiger partial charge in [0.05, 0.1) is 0 Å². The second-order valence-corrected chi connectivity index (χ2v) is 7.51. The minimum atomic E-state index is -0.440. The molecule has 2 aliphatic rings. The Balaban J connectivity index is 1.89. The van der Waals surface area contributed by atoms with Gasteiger partial charge in [-0.2, -0.15) is 0 Å². The molecule has 2 saturated heterocycles. The van der Waals surface area contributed by atoms with Gasteiger partial charge in [-0.1, -0.05) is 0 Å². The maximum atomic E-state index is 11.8. The van der Waals surface area contributed by atoms with E-state index in [4.69, 9.17) is 0 Å². The van der Waals surface area contributed by atoms with Crippen molar-refractivity contribution < 1.29 is 4.79 Å². The highest BCUT2D eigenvalue weighted by Crippen LogP contribution is 2.42. The number of hydrogen-bond donors (Lipinski definition) is 4. The first-order valence-corrected chi connectivity index (χ1v) is 7.49. The minimum absolute atomic E-state index is 0.440. The van der Waals surface area contributed by atoms with Crippen molar-refractivity contribution in [1.82, 2.24) is 9.44 Å². The first-order chi connectivity index (χ1) is 5.88. The number of thiol groups is 2. The Kier molecular flexibility index (Phi) is 2.96. The number of carbonyl (C=O) groups is 1. The Morgan fingerprint density at radius 1 is 1.00 bits per heavy atom. The van der Waals surface area contributed by atoms with Crippen LogP contribution in [-0.4, -0.2) is 29.0 Å². The fourth-order valence-electron chi connectivity index (χ4n) is 1.53. The third-order valence-electron chi connectivity index (χ3n) is 2.18. The molecule has 2 unspecified atom stereocenters. The van der Waals surface area contributed by atoms with Gasteiger partial charge in [0.25, 0.3) is 0 Å². The summed E-state index contributed by atoms with van der Waals surface area (Å²) >= 11 is -0.880. The molecule has 2 heterocycles. The van der Waals surface area contributed by atoms with Crippen molar-refractivity contribution in [1.29, 1.82) is 0 Å². The highest BCUT2D eigenvalue weighted by Gasteiger charge is 2.25. The topological polar surface area (TPSA) is 41.1 Å². The van der Waals surface area contributed by atoms with E-state index in [1.807, 2.05) is 0 Å². The summed E-state index contributed by atoms with van der Waals surface area (Å²) in [6.07, 6.45) is 2.39. The van der Waals surface area contributed by atoms with Crippen molar-refractivity contribution in [3.05, 3.63) is 0 Å². The molecule has 12 heavy (non-hydrogen) atoms. The van der Waals surface area contributed by atoms with Crippen LogP contribution >= 0.6 is 22.2 Å². The summed E-state index contributed by atoms with van der Waals surface area (Å²) in [5.74, 6) is 2.24. The van der Waals surface area contributed by atoms with E-state index < -0.39 is 22.2 Å². The van der Waals surface area contributed by atoms with Crippen molar-refractivity contribution in [2.24, 2.45) is 0 Å². The predicted molar refractivity (Wildman–Crippen MR) is 58.3 cm³/mol. The lowest BCUT2D eigenvalue weighted by Crippen LogP contribution is -2.14. The fraction of sp³-hybridized carbons (Fsp3) is 0.857. The molecular weight excluding hydrogens is 192 g/mol. The van der Waals surface area contributed by atoms with Gasteiger partial charge in [-0.15, -0.1) is 22.2 Å². The standard InChI is InChI=1S/C7H16N2OS2/c10-7(11-5-1-3-8-11)12-6-2-4-9-12/h8-9,11-12H,1-6H2. The number of rotatable bonds is 0. The Morgan fingerprint density at radius 2 is 1.50 bits per heavy atom. The van der Waals surface area contributed by atoms with Crippen molar-refractivity contribution in [2.45, 2.75) is 12.8 Å². The lowest BCUT2D eigenvalue weighted by atomic mass is 10.5. The van der Waals surface area contributed by atoms with E-state index in [1.54, 1.807) is 0 Å². The van der Waals surface area contributed by atoms with Crippen molar-refractivity contribution in [2.75, 3.05) is 24.6 Å². The summed E-state index contributed by atoms with van der Waals surface area (Å²) in [5.41, 5.74) is 0. The summed E-state index contributed by atoms with van der Waals surface area (Å²) in [6, 6.07) is 0. The Labute approximate surface area is 78.6 Å². The SMILES string of the molecule is O=C([SH]1CCCN1)[SH]1CCCN1. The van der Waals surface area contributed by atoms with Crippen LogP contribution in [0, 0.1) is 0 Å². The number of carbonyl (C=O) groups excluding carboxylic acids is 1. The lowest BCUT2D eigenvalue weighted by Gasteiger charge is -2.20. The summed E-state index contributed by atoms with van der Waals surface area (Å²) in [4.78, 5) is 11.8. The highest BCUT2D eigenvalue weighted by atomic mass is 32.3. The zero-order valence-corrected chi connectivity index (χ0v) is 8.83. The molecule has 3 nitrogen and oxygen atoms in total. The molecule has 0 radical (unpaired) electrons. The molecule has 0 aromatic heterocycles. The van der Waals surface area contributed by atoms with E-state index in [1.165, 1.54) is 12.8 Å². The third-order valence-corrected chi connectivity index (χ3v) is 7.29. The molecule has 72 valence electrons. The monoisotopic (exact) mass is 208 g/mol. The van der Waals surface area contributed by atoms with Gasteiger partial charge in [-0.05, 0) is 24.3 Å². The molecule has 2 N–H and O–H groups in total. The summed E-state index contributed by atoms with van der Waals surface area (Å²) in [6.45, 7) is 2.11. The second kappa shape index (κ2) is 4.00. The van der Waals surface area contributed by atoms with Gasteiger partial charge in [0.1, 0.15) is 0 Å². The Bertz CT molecular complexity index is 158. The van der Waals surface area contributed by atoms with E-state index in [0.717, 1.165) is 24.6 Å². The molecule has 0 bridgehead atoms. The largest absolute Gasteiger partial charge is 0.276 e. The van der Waals surface area contributed by atoms with Crippen LogP contribution in [0.1, 0.15) is 12.8 Å². The molecule has 0 aromatic carbocycles. The molecular formula is C7H16N2OS2. The summed E-state index contributed by atoms with van der Waals surface area (Å²) < 4.78 is 7.17.